The smallest absolute Gasteiger partial charge is 0.263 e. The van der Waals surface area contributed by atoms with Crippen LogP contribution in [-0.2, 0) is 6.54 Å². The highest BCUT2D eigenvalue weighted by Crippen LogP contribution is 2.14. The first-order valence-corrected chi connectivity index (χ1v) is 8.08. The number of hydrogen-bond donors (Lipinski definition) is 1. The van der Waals surface area contributed by atoms with Crippen LogP contribution in [-0.4, -0.2) is 22.6 Å². The molecule has 0 spiro atoms. The maximum absolute atomic E-state index is 12.6. The number of thiazole rings is 1. The Morgan fingerprint density at radius 2 is 2.21 bits per heavy atom. The van der Waals surface area contributed by atoms with Crippen molar-refractivity contribution in [2.45, 2.75) is 6.54 Å². The van der Waals surface area contributed by atoms with Gasteiger partial charge in [0, 0.05) is 17.8 Å². The molecule has 0 saturated heterocycles. The van der Waals surface area contributed by atoms with Gasteiger partial charge < -0.3 is 9.30 Å². The van der Waals surface area contributed by atoms with Crippen LogP contribution in [0.25, 0.3) is 0 Å². The van der Waals surface area contributed by atoms with Crippen molar-refractivity contribution >= 4 is 22.4 Å². The summed E-state index contributed by atoms with van der Waals surface area (Å²) in [6, 6.07) is 10.6. The zero-order chi connectivity index (χ0) is 16.9. The molecule has 0 aliphatic carbocycles. The van der Waals surface area contributed by atoms with E-state index in [0.29, 0.717) is 11.7 Å². The van der Waals surface area contributed by atoms with E-state index in [2.05, 4.69) is 10.3 Å². The predicted molar refractivity (Wildman–Crippen MR) is 92.9 cm³/mol. The quantitative estimate of drug-likeness (QED) is 0.774. The van der Waals surface area contributed by atoms with E-state index in [0.717, 1.165) is 11.3 Å². The summed E-state index contributed by atoms with van der Waals surface area (Å²) in [5.74, 6) is 0.258. The topological polar surface area (TPSA) is 73.2 Å². The van der Waals surface area contributed by atoms with Crippen LogP contribution < -0.4 is 15.6 Å². The lowest BCUT2D eigenvalue weighted by atomic mass is 10.2. The molecule has 6 nitrogen and oxygen atoms in total. The number of aromatic nitrogens is 2. The number of hydrogen-bond acceptors (Lipinski definition) is 5. The third kappa shape index (κ3) is 3.52. The number of methoxy groups -OCH3 is 1. The highest BCUT2D eigenvalue weighted by atomic mass is 32.1. The van der Waals surface area contributed by atoms with E-state index in [1.807, 2.05) is 24.3 Å². The van der Waals surface area contributed by atoms with Crippen molar-refractivity contribution in [3.8, 4) is 5.75 Å². The molecule has 1 amide bonds. The van der Waals surface area contributed by atoms with Gasteiger partial charge in [-0.05, 0) is 29.8 Å². The maximum atomic E-state index is 12.6. The number of benzene rings is 1. The zero-order valence-electron chi connectivity index (χ0n) is 12.9. The molecule has 3 rings (SSSR count). The molecule has 1 N–H and O–H groups in total. The first-order valence-electron chi connectivity index (χ1n) is 7.20. The molecule has 7 heteroatoms. The number of ether oxygens (including phenoxy) is 1. The van der Waals surface area contributed by atoms with E-state index in [9.17, 15) is 9.59 Å². The van der Waals surface area contributed by atoms with Crippen molar-refractivity contribution in [2.75, 3.05) is 12.4 Å². The van der Waals surface area contributed by atoms with Crippen LogP contribution in [0.15, 0.2) is 59.0 Å². The number of amides is 1. The van der Waals surface area contributed by atoms with Gasteiger partial charge in [0.25, 0.3) is 11.5 Å². The Bertz CT molecular complexity index is 903. The molecule has 0 unspecified atom stereocenters. The number of nitrogens with one attached hydrogen (secondary N) is 1. The Morgan fingerprint density at radius 1 is 1.33 bits per heavy atom. The molecule has 0 bridgehead atoms. The Labute approximate surface area is 142 Å². The fourth-order valence-electron chi connectivity index (χ4n) is 2.25. The van der Waals surface area contributed by atoms with Crippen molar-refractivity contribution < 1.29 is 9.53 Å². The number of carbonyl (C=O) groups excluding carboxylic acids is 1. The van der Waals surface area contributed by atoms with Crippen molar-refractivity contribution in [1.29, 1.82) is 0 Å². The van der Waals surface area contributed by atoms with Crippen LogP contribution in [0.1, 0.15) is 15.9 Å². The van der Waals surface area contributed by atoms with Crippen LogP contribution in [0.3, 0.4) is 0 Å². The summed E-state index contributed by atoms with van der Waals surface area (Å²) in [5.41, 5.74) is 0.638. The molecule has 0 aliphatic rings. The summed E-state index contributed by atoms with van der Waals surface area (Å²) in [6.07, 6.45) is 3.24. The minimum Gasteiger partial charge on any atom is -0.497 e. The van der Waals surface area contributed by atoms with Crippen LogP contribution in [0.2, 0.25) is 0 Å². The Balaban J connectivity index is 1.85. The van der Waals surface area contributed by atoms with Crippen molar-refractivity contribution in [3.05, 3.63) is 75.7 Å². The summed E-state index contributed by atoms with van der Waals surface area (Å²) in [6.45, 7) is 0.356. The third-order valence-corrected chi connectivity index (χ3v) is 4.09. The van der Waals surface area contributed by atoms with E-state index in [1.165, 1.54) is 22.0 Å². The normalized spacial score (nSPS) is 10.4. The van der Waals surface area contributed by atoms with Gasteiger partial charge in [-0.2, -0.15) is 0 Å². The highest BCUT2D eigenvalue weighted by Gasteiger charge is 2.13. The Morgan fingerprint density at radius 3 is 2.96 bits per heavy atom. The number of nitrogens with zero attached hydrogens (tertiary/aromatic N) is 2. The SMILES string of the molecule is COc1cccc(Cn2cccc(C(=O)Nc3nccs3)c2=O)c1. The van der Waals surface area contributed by atoms with Crippen LogP contribution in [0, 0.1) is 0 Å². The highest BCUT2D eigenvalue weighted by molar-refractivity contribution is 7.13. The van der Waals surface area contributed by atoms with E-state index in [-0.39, 0.29) is 11.1 Å². The third-order valence-electron chi connectivity index (χ3n) is 3.40. The molecule has 0 radical (unpaired) electrons. The van der Waals surface area contributed by atoms with Gasteiger partial charge in [-0.15, -0.1) is 11.3 Å². The molecular weight excluding hydrogens is 326 g/mol. The molecule has 2 heterocycles. The molecule has 0 saturated carbocycles. The largest absolute Gasteiger partial charge is 0.497 e. The molecule has 3 aromatic rings. The fraction of sp³-hybridized carbons (Fsp3) is 0.118. The summed E-state index contributed by atoms with van der Waals surface area (Å²) >= 11 is 1.30. The second-order valence-corrected chi connectivity index (χ2v) is 5.89. The average molecular weight is 341 g/mol. The van der Waals surface area contributed by atoms with Gasteiger partial charge in [0.2, 0.25) is 0 Å². The van der Waals surface area contributed by atoms with E-state index in [1.54, 1.807) is 30.9 Å². The number of pyridine rings is 1. The van der Waals surface area contributed by atoms with Crippen molar-refractivity contribution in [3.63, 3.8) is 0 Å². The number of carbonyl (C=O) groups is 1. The molecule has 24 heavy (non-hydrogen) atoms. The molecule has 0 atom stereocenters. The molecule has 1 aromatic carbocycles. The predicted octanol–water partition coefficient (Wildman–Crippen LogP) is 2.61. The second kappa shape index (κ2) is 7.10. The van der Waals surface area contributed by atoms with Gasteiger partial charge in [-0.3, -0.25) is 14.9 Å². The molecule has 0 aliphatic heterocycles. The summed E-state index contributed by atoms with van der Waals surface area (Å²) in [4.78, 5) is 28.8. The summed E-state index contributed by atoms with van der Waals surface area (Å²) < 4.78 is 6.68. The first kappa shape index (κ1) is 15.9. The van der Waals surface area contributed by atoms with Gasteiger partial charge in [0.1, 0.15) is 11.3 Å². The lowest BCUT2D eigenvalue weighted by Crippen LogP contribution is -2.29. The van der Waals surface area contributed by atoms with E-state index in [4.69, 9.17) is 4.74 Å². The van der Waals surface area contributed by atoms with Gasteiger partial charge in [0.15, 0.2) is 5.13 Å². The Hall–Kier alpha value is -2.93. The Kier molecular flexibility index (Phi) is 4.72. The number of anilines is 1. The molecule has 122 valence electrons. The zero-order valence-corrected chi connectivity index (χ0v) is 13.7. The van der Waals surface area contributed by atoms with Gasteiger partial charge >= 0.3 is 0 Å². The van der Waals surface area contributed by atoms with Crippen LogP contribution in [0.4, 0.5) is 5.13 Å². The van der Waals surface area contributed by atoms with Crippen LogP contribution >= 0.6 is 11.3 Å². The second-order valence-electron chi connectivity index (χ2n) is 5.00. The minimum atomic E-state index is -0.463. The van der Waals surface area contributed by atoms with Crippen LogP contribution in [0.5, 0.6) is 5.75 Å². The molecule has 2 aromatic heterocycles. The van der Waals surface area contributed by atoms with Gasteiger partial charge in [-0.25, -0.2) is 4.98 Å². The lowest BCUT2D eigenvalue weighted by Gasteiger charge is -2.09. The fourth-order valence-corrected chi connectivity index (χ4v) is 2.78. The average Bonchev–Trinajstić information content (AvgIpc) is 3.10. The molecule has 0 fully saturated rings. The maximum Gasteiger partial charge on any atom is 0.263 e. The first-order chi connectivity index (χ1) is 11.7. The summed E-state index contributed by atoms with van der Waals surface area (Å²) in [7, 11) is 1.59. The van der Waals surface area contributed by atoms with Crippen molar-refractivity contribution in [2.24, 2.45) is 0 Å². The minimum absolute atomic E-state index is 0.0793. The van der Waals surface area contributed by atoms with E-state index < -0.39 is 5.91 Å². The lowest BCUT2D eigenvalue weighted by molar-refractivity contribution is 0.102. The number of rotatable bonds is 5. The van der Waals surface area contributed by atoms with Crippen molar-refractivity contribution in [1.82, 2.24) is 9.55 Å². The van der Waals surface area contributed by atoms with E-state index >= 15 is 0 Å². The standard InChI is InChI=1S/C17H15N3O3S/c1-23-13-5-2-4-12(10-13)11-20-8-3-6-14(16(20)22)15(21)19-17-18-7-9-24-17/h2-10H,11H2,1H3,(H,18,19,21). The monoisotopic (exact) mass is 341 g/mol. The van der Waals surface area contributed by atoms with Gasteiger partial charge in [0.05, 0.1) is 13.7 Å². The molecular formula is C17H15N3O3S. The summed E-state index contributed by atoms with van der Waals surface area (Å²) in [5, 5.41) is 4.84. The van der Waals surface area contributed by atoms with Gasteiger partial charge in [-0.1, -0.05) is 12.1 Å².